The van der Waals surface area contributed by atoms with E-state index in [1.54, 1.807) is 13.8 Å². The zero-order valence-corrected chi connectivity index (χ0v) is 8.78. The first-order valence-electron chi connectivity index (χ1n) is 4.70. The quantitative estimate of drug-likeness (QED) is 0.607. The van der Waals surface area contributed by atoms with E-state index in [4.69, 9.17) is 5.11 Å². The fourth-order valence-corrected chi connectivity index (χ4v) is 0.804. The highest BCUT2D eigenvalue weighted by Gasteiger charge is 2.19. The molecule has 0 aromatic carbocycles. The number of rotatable bonds is 6. The molecule has 0 aliphatic carbocycles. The summed E-state index contributed by atoms with van der Waals surface area (Å²) in [6.07, 6.45) is -0.678. The zero-order valence-electron chi connectivity index (χ0n) is 8.78. The van der Waals surface area contributed by atoms with Crippen molar-refractivity contribution < 1.29 is 24.2 Å². The third kappa shape index (κ3) is 5.66. The van der Waals surface area contributed by atoms with Gasteiger partial charge in [0, 0.05) is 6.42 Å². The first-order chi connectivity index (χ1) is 7.01. The van der Waals surface area contributed by atoms with Gasteiger partial charge in [0.1, 0.15) is 6.54 Å². The van der Waals surface area contributed by atoms with Crippen LogP contribution in [0.4, 0.5) is 0 Å². The molecule has 0 radical (unpaired) electrons. The largest absolute Gasteiger partial charge is 0.479 e. The van der Waals surface area contributed by atoms with E-state index in [1.165, 1.54) is 0 Å². The highest BCUT2D eigenvalue weighted by atomic mass is 16.6. The van der Waals surface area contributed by atoms with Gasteiger partial charge in [-0.25, -0.2) is 4.79 Å². The second-order valence-corrected chi connectivity index (χ2v) is 2.86. The van der Waals surface area contributed by atoms with E-state index in [2.05, 4.69) is 10.1 Å². The summed E-state index contributed by atoms with van der Waals surface area (Å²) in [5, 5.41) is 10.9. The fourth-order valence-electron chi connectivity index (χ4n) is 0.804. The molecule has 6 heteroatoms. The van der Waals surface area contributed by atoms with Crippen LogP contribution in [0.3, 0.4) is 0 Å². The van der Waals surface area contributed by atoms with Gasteiger partial charge in [0.2, 0.25) is 5.91 Å². The van der Waals surface area contributed by atoms with Gasteiger partial charge < -0.3 is 15.2 Å². The number of aliphatic carboxylic acids is 1. The van der Waals surface area contributed by atoms with Crippen molar-refractivity contribution in [2.75, 3.05) is 6.54 Å². The molecule has 1 atom stereocenters. The number of carboxylic acids is 1. The molecule has 0 fully saturated rings. The van der Waals surface area contributed by atoms with Crippen LogP contribution in [0.25, 0.3) is 0 Å². The number of nitrogens with one attached hydrogen (secondary N) is 1. The Morgan fingerprint density at radius 3 is 2.33 bits per heavy atom. The van der Waals surface area contributed by atoms with Crippen molar-refractivity contribution in [2.45, 2.75) is 32.8 Å². The topological polar surface area (TPSA) is 92.7 Å². The molecule has 0 aliphatic rings. The fraction of sp³-hybridized carbons (Fsp3) is 0.667. The first-order valence-corrected chi connectivity index (χ1v) is 4.70. The zero-order chi connectivity index (χ0) is 11.8. The van der Waals surface area contributed by atoms with Crippen LogP contribution < -0.4 is 5.32 Å². The standard InChI is InChI=1S/C9H15NO5/c1-3-6(9(13)14)15-8(12)5-10-7(11)4-2/h6H,3-5H2,1-2H3,(H,10,11)(H,13,14). The molecule has 6 nitrogen and oxygen atoms in total. The lowest BCUT2D eigenvalue weighted by Gasteiger charge is -2.11. The molecule has 0 saturated carbocycles. The molecule has 1 amide bonds. The Morgan fingerprint density at radius 1 is 1.33 bits per heavy atom. The van der Waals surface area contributed by atoms with Crippen molar-refractivity contribution in [3.63, 3.8) is 0 Å². The summed E-state index contributed by atoms with van der Waals surface area (Å²) in [5.41, 5.74) is 0. The summed E-state index contributed by atoms with van der Waals surface area (Å²) in [4.78, 5) is 32.3. The molecule has 0 spiro atoms. The van der Waals surface area contributed by atoms with Crippen LogP contribution in [-0.4, -0.2) is 35.6 Å². The van der Waals surface area contributed by atoms with Crippen molar-refractivity contribution in [3.8, 4) is 0 Å². The second kappa shape index (κ2) is 6.80. The molecular formula is C9H15NO5. The maximum absolute atomic E-state index is 11.0. The lowest BCUT2D eigenvalue weighted by Crippen LogP contribution is -2.34. The van der Waals surface area contributed by atoms with Crippen molar-refractivity contribution in [1.29, 1.82) is 0 Å². The molecule has 0 aliphatic heterocycles. The van der Waals surface area contributed by atoms with Crippen LogP contribution >= 0.6 is 0 Å². The maximum Gasteiger partial charge on any atom is 0.345 e. The smallest absolute Gasteiger partial charge is 0.345 e. The number of amides is 1. The summed E-state index contributed by atoms with van der Waals surface area (Å²) >= 11 is 0. The molecular weight excluding hydrogens is 202 g/mol. The molecule has 0 heterocycles. The van der Waals surface area contributed by atoms with Gasteiger partial charge in [0.15, 0.2) is 6.10 Å². The number of ether oxygens (including phenoxy) is 1. The predicted octanol–water partition coefficient (Wildman–Crippen LogP) is -0.0810. The summed E-state index contributed by atoms with van der Waals surface area (Å²) in [6, 6.07) is 0. The van der Waals surface area contributed by atoms with Crippen LogP contribution in [0.5, 0.6) is 0 Å². The predicted molar refractivity (Wildman–Crippen MR) is 51.1 cm³/mol. The van der Waals surface area contributed by atoms with Gasteiger partial charge >= 0.3 is 11.9 Å². The van der Waals surface area contributed by atoms with Gasteiger partial charge in [-0.1, -0.05) is 13.8 Å². The highest BCUT2D eigenvalue weighted by molar-refractivity contribution is 5.83. The van der Waals surface area contributed by atoms with Crippen LogP contribution in [0, 0.1) is 0 Å². The number of carbonyl (C=O) groups is 3. The number of carbonyl (C=O) groups excluding carboxylic acids is 2. The second-order valence-electron chi connectivity index (χ2n) is 2.86. The van der Waals surface area contributed by atoms with Crippen LogP contribution in [0.1, 0.15) is 26.7 Å². The van der Waals surface area contributed by atoms with Crippen molar-refractivity contribution >= 4 is 17.8 Å². The van der Waals surface area contributed by atoms with E-state index in [0.717, 1.165) is 0 Å². The number of esters is 1. The maximum atomic E-state index is 11.0. The Labute approximate surface area is 87.6 Å². The van der Waals surface area contributed by atoms with Gasteiger partial charge in [-0.15, -0.1) is 0 Å². The monoisotopic (exact) mass is 217 g/mol. The van der Waals surface area contributed by atoms with Gasteiger partial charge in [-0.2, -0.15) is 0 Å². The Kier molecular flexibility index (Phi) is 6.08. The molecule has 2 N–H and O–H groups in total. The number of carboxylic acid groups (broad SMARTS) is 1. The third-order valence-electron chi connectivity index (χ3n) is 1.67. The average Bonchev–Trinajstić information content (AvgIpc) is 2.21. The molecule has 15 heavy (non-hydrogen) atoms. The Hall–Kier alpha value is -1.59. The van der Waals surface area contributed by atoms with Crippen LogP contribution in [0.2, 0.25) is 0 Å². The van der Waals surface area contributed by atoms with Gasteiger partial charge in [0.05, 0.1) is 0 Å². The minimum Gasteiger partial charge on any atom is -0.479 e. The van der Waals surface area contributed by atoms with Crippen LogP contribution in [-0.2, 0) is 19.1 Å². The van der Waals surface area contributed by atoms with Crippen molar-refractivity contribution in [2.24, 2.45) is 0 Å². The van der Waals surface area contributed by atoms with E-state index in [1.807, 2.05) is 0 Å². The lowest BCUT2D eigenvalue weighted by atomic mass is 10.3. The van der Waals surface area contributed by atoms with E-state index in [9.17, 15) is 14.4 Å². The number of hydrogen-bond donors (Lipinski definition) is 2. The van der Waals surface area contributed by atoms with E-state index < -0.39 is 18.0 Å². The minimum atomic E-state index is -1.19. The summed E-state index contributed by atoms with van der Waals surface area (Å²) < 4.78 is 4.60. The normalized spacial score (nSPS) is 11.6. The molecule has 0 bridgehead atoms. The van der Waals surface area contributed by atoms with Crippen LogP contribution in [0.15, 0.2) is 0 Å². The first kappa shape index (κ1) is 13.4. The summed E-state index contributed by atoms with van der Waals surface area (Å²) in [5.74, 6) is -2.21. The molecule has 0 saturated heterocycles. The Morgan fingerprint density at radius 2 is 1.93 bits per heavy atom. The lowest BCUT2D eigenvalue weighted by molar-refractivity contribution is -0.163. The number of hydrogen-bond acceptors (Lipinski definition) is 4. The molecule has 0 aromatic heterocycles. The van der Waals surface area contributed by atoms with Gasteiger partial charge in [-0.3, -0.25) is 9.59 Å². The third-order valence-corrected chi connectivity index (χ3v) is 1.67. The summed E-state index contributed by atoms with van der Waals surface area (Å²) in [7, 11) is 0. The highest BCUT2D eigenvalue weighted by Crippen LogP contribution is 1.98. The molecule has 86 valence electrons. The van der Waals surface area contributed by atoms with Crippen molar-refractivity contribution in [3.05, 3.63) is 0 Å². The van der Waals surface area contributed by atoms with E-state index in [-0.39, 0.29) is 25.3 Å². The van der Waals surface area contributed by atoms with Crippen molar-refractivity contribution in [1.82, 2.24) is 5.32 Å². The molecule has 1 unspecified atom stereocenters. The average molecular weight is 217 g/mol. The van der Waals surface area contributed by atoms with E-state index >= 15 is 0 Å². The summed E-state index contributed by atoms with van der Waals surface area (Å²) in [6.45, 7) is 2.94. The Balaban J connectivity index is 3.91. The SMILES string of the molecule is CCC(=O)NCC(=O)OC(CC)C(=O)O. The minimum absolute atomic E-state index is 0.197. The van der Waals surface area contributed by atoms with E-state index in [0.29, 0.717) is 0 Å². The molecule has 0 rings (SSSR count). The van der Waals surface area contributed by atoms with Gasteiger partial charge in [-0.05, 0) is 6.42 Å². The molecule has 0 aromatic rings. The Bertz CT molecular complexity index is 251. The van der Waals surface area contributed by atoms with Gasteiger partial charge in [0.25, 0.3) is 0 Å².